The maximum Gasteiger partial charge on any atom is 0.315 e. The third kappa shape index (κ3) is 5.04. The number of carbonyl (C=O) groups excluding carboxylic acids is 3. The van der Waals surface area contributed by atoms with Crippen LogP contribution in [0.2, 0.25) is 0 Å². The van der Waals surface area contributed by atoms with Crippen LogP contribution in [0.15, 0.2) is 133 Å². The predicted octanol–water partition coefficient (Wildman–Crippen LogP) is 9.35. The van der Waals surface area contributed by atoms with E-state index in [2.05, 4.69) is 30.3 Å². The summed E-state index contributed by atoms with van der Waals surface area (Å²) < 4.78 is 6.13. The zero-order valence-electron chi connectivity index (χ0n) is 27.0. The second kappa shape index (κ2) is 12.0. The summed E-state index contributed by atoms with van der Waals surface area (Å²) in [5, 5.41) is 0. The van der Waals surface area contributed by atoms with E-state index in [1.54, 1.807) is 0 Å². The molecule has 0 radical (unpaired) electrons. The van der Waals surface area contributed by atoms with Gasteiger partial charge in [-0.3, -0.25) is 14.4 Å². The number of hydrogen-bond donors (Lipinski definition) is 0. The van der Waals surface area contributed by atoms with Crippen LogP contribution in [0.3, 0.4) is 0 Å². The molecule has 1 aliphatic heterocycles. The van der Waals surface area contributed by atoms with Crippen LogP contribution in [0, 0.1) is 25.7 Å². The first-order chi connectivity index (χ1) is 23.4. The number of fused-ring (bicyclic) bond motifs is 4. The quantitative estimate of drug-likeness (QED) is 0.133. The van der Waals surface area contributed by atoms with Crippen LogP contribution in [0.1, 0.15) is 89.8 Å². The van der Waals surface area contributed by atoms with Gasteiger partial charge in [0.25, 0.3) is 0 Å². The van der Waals surface area contributed by atoms with E-state index in [9.17, 15) is 14.4 Å². The maximum atomic E-state index is 14.9. The van der Waals surface area contributed by atoms with Crippen LogP contribution in [0.25, 0.3) is 5.76 Å². The highest BCUT2D eigenvalue weighted by molar-refractivity contribution is 6.02. The minimum absolute atomic E-state index is 0.00327. The number of cyclic esters (lactones) is 1. The van der Waals surface area contributed by atoms with Gasteiger partial charge in [0.05, 0.1) is 5.92 Å². The lowest BCUT2D eigenvalue weighted by molar-refractivity contribution is -0.143. The van der Waals surface area contributed by atoms with E-state index < -0.39 is 11.8 Å². The minimum atomic E-state index is -0.552. The predicted molar refractivity (Wildman–Crippen MR) is 187 cm³/mol. The molecule has 2 aliphatic carbocycles. The van der Waals surface area contributed by atoms with Crippen molar-refractivity contribution in [3.63, 3.8) is 0 Å². The molecule has 3 aliphatic rings. The van der Waals surface area contributed by atoms with E-state index >= 15 is 0 Å². The Bertz CT molecular complexity index is 2070. The van der Waals surface area contributed by atoms with Crippen LogP contribution in [-0.4, -0.2) is 17.5 Å². The Morgan fingerprint density at radius 2 is 1.12 bits per heavy atom. The zero-order valence-corrected chi connectivity index (χ0v) is 27.0. The third-order valence-electron chi connectivity index (χ3n) is 10.7. The van der Waals surface area contributed by atoms with Crippen molar-refractivity contribution in [2.75, 3.05) is 0 Å². The summed E-state index contributed by atoms with van der Waals surface area (Å²) in [5.74, 6) is -1.95. The summed E-state index contributed by atoms with van der Waals surface area (Å²) in [7, 11) is 0. The van der Waals surface area contributed by atoms with E-state index in [4.69, 9.17) is 4.74 Å². The molecule has 5 aromatic carbocycles. The highest BCUT2D eigenvalue weighted by atomic mass is 16.5. The lowest BCUT2D eigenvalue weighted by atomic mass is 9.68. The SMILES string of the molecule is Cc1ccc(C(=O)C[C@@H]2c3ccccc3C([C@@H]3c4ccccc4[C@H]4C=C(c5ccccc5)OC(=O)[C@H]43)[C@H]2C(=O)c2ccc(C)cc2)cc1. The van der Waals surface area contributed by atoms with Gasteiger partial charge in [0, 0.05) is 52.7 Å². The second-order valence-corrected chi connectivity index (χ2v) is 13.5. The van der Waals surface area contributed by atoms with E-state index in [1.165, 1.54) is 0 Å². The normalized spacial score (nSPS) is 23.8. The molecule has 0 aromatic heterocycles. The molecule has 4 nitrogen and oxygen atoms in total. The van der Waals surface area contributed by atoms with Crippen LogP contribution in [-0.2, 0) is 9.53 Å². The Kier molecular flexibility index (Phi) is 7.52. The average molecular weight is 629 g/mol. The topological polar surface area (TPSA) is 60.4 Å². The average Bonchev–Trinajstić information content (AvgIpc) is 3.61. The van der Waals surface area contributed by atoms with Crippen molar-refractivity contribution in [2.24, 2.45) is 11.8 Å². The molecule has 1 heterocycles. The molecule has 0 fully saturated rings. The van der Waals surface area contributed by atoms with Crippen molar-refractivity contribution in [3.8, 4) is 0 Å². The third-order valence-corrected chi connectivity index (χ3v) is 10.7. The first-order valence-electron chi connectivity index (χ1n) is 16.8. The van der Waals surface area contributed by atoms with E-state index in [0.29, 0.717) is 16.9 Å². The Hall–Kier alpha value is -5.35. The van der Waals surface area contributed by atoms with Gasteiger partial charge in [-0.05, 0) is 42.2 Å². The van der Waals surface area contributed by atoms with Gasteiger partial charge in [0.1, 0.15) is 5.76 Å². The fourth-order valence-corrected chi connectivity index (χ4v) is 8.52. The Balaban J connectivity index is 1.28. The second-order valence-electron chi connectivity index (χ2n) is 13.5. The van der Waals surface area contributed by atoms with Gasteiger partial charge in [-0.1, -0.05) is 139 Å². The van der Waals surface area contributed by atoms with Crippen LogP contribution in [0.5, 0.6) is 0 Å². The number of rotatable bonds is 7. The molecule has 1 unspecified atom stereocenters. The molecule has 0 spiro atoms. The molecule has 5 aromatic rings. The molecule has 0 saturated heterocycles. The van der Waals surface area contributed by atoms with Gasteiger partial charge >= 0.3 is 5.97 Å². The minimum Gasteiger partial charge on any atom is -0.426 e. The van der Waals surface area contributed by atoms with Crippen LogP contribution in [0.4, 0.5) is 0 Å². The number of carbonyl (C=O) groups is 3. The molecule has 6 atom stereocenters. The smallest absolute Gasteiger partial charge is 0.315 e. The molecular weight excluding hydrogens is 592 g/mol. The van der Waals surface area contributed by atoms with Crippen molar-refractivity contribution in [1.82, 2.24) is 0 Å². The lowest BCUT2D eigenvalue weighted by Gasteiger charge is -2.34. The molecule has 0 N–H and O–H groups in total. The van der Waals surface area contributed by atoms with E-state index in [-0.39, 0.29) is 47.6 Å². The van der Waals surface area contributed by atoms with Gasteiger partial charge in [-0.15, -0.1) is 0 Å². The number of ketones is 2. The molecule has 0 saturated carbocycles. The van der Waals surface area contributed by atoms with Crippen molar-refractivity contribution >= 4 is 23.3 Å². The van der Waals surface area contributed by atoms with E-state index in [0.717, 1.165) is 38.9 Å². The summed E-state index contributed by atoms with van der Waals surface area (Å²) in [4.78, 5) is 43.1. The number of aryl methyl sites for hydroxylation is 2. The summed E-state index contributed by atoms with van der Waals surface area (Å²) in [6.45, 7) is 4.01. The highest BCUT2D eigenvalue weighted by Gasteiger charge is 2.57. The lowest BCUT2D eigenvalue weighted by Crippen LogP contribution is -2.34. The number of hydrogen-bond acceptors (Lipinski definition) is 4. The first-order valence-corrected chi connectivity index (χ1v) is 16.8. The van der Waals surface area contributed by atoms with Crippen LogP contribution >= 0.6 is 0 Å². The summed E-state index contributed by atoms with van der Waals surface area (Å²) in [6.07, 6.45) is 2.29. The van der Waals surface area contributed by atoms with Gasteiger partial charge in [-0.2, -0.15) is 0 Å². The number of ether oxygens (including phenoxy) is 1. The fraction of sp³-hybridized carbons (Fsp3) is 0.205. The summed E-state index contributed by atoms with van der Waals surface area (Å²) in [5.41, 5.74) is 8.50. The molecule has 4 heteroatoms. The molecule has 48 heavy (non-hydrogen) atoms. The van der Waals surface area contributed by atoms with Gasteiger partial charge in [-0.25, -0.2) is 0 Å². The number of allylic oxidation sites excluding steroid dienone is 1. The fourth-order valence-electron chi connectivity index (χ4n) is 8.52. The van der Waals surface area contributed by atoms with Crippen molar-refractivity contribution < 1.29 is 19.1 Å². The van der Waals surface area contributed by atoms with Crippen LogP contribution < -0.4 is 0 Å². The van der Waals surface area contributed by atoms with Crippen molar-refractivity contribution in [3.05, 3.63) is 184 Å². The van der Waals surface area contributed by atoms with Crippen molar-refractivity contribution in [1.29, 1.82) is 0 Å². The highest BCUT2D eigenvalue weighted by Crippen LogP contribution is 2.63. The van der Waals surface area contributed by atoms with Gasteiger partial charge in [0.2, 0.25) is 0 Å². The van der Waals surface area contributed by atoms with Gasteiger partial charge in [0.15, 0.2) is 11.6 Å². The Morgan fingerprint density at radius 1 is 0.583 bits per heavy atom. The standard InChI is InChI=1S/C44H36O4/c1-26-16-20-28(21-17-26)37(45)24-35-31-12-6-8-14-33(31)39(41(35)43(46)30-22-18-27(2)19-23-30)40-34-15-9-7-13-32(34)36-25-38(48-44(47)42(36)40)29-10-4-3-5-11-29/h3-23,25,35-36,39-42H,24H2,1-2H3/t35-,36-,39?,40+,41+,42-/m1/s1. The Labute approximate surface area is 281 Å². The van der Waals surface area contributed by atoms with Crippen molar-refractivity contribution in [2.45, 2.75) is 43.9 Å². The Morgan fingerprint density at radius 3 is 1.77 bits per heavy atom. The first kappa shape index (κ1) is 30.0. The number of benzene rings is 5. The molecule has 8 rings (SSSR count). The summed E-state index contributed by atoms with van der Waals surface area (Å²) >= 11 is 0. The number of esters is 1. The molecule has 0 bridgehead atoms. The monoisotopic (exact) mass is 628 g/mol. The zero-order chi connectivity index (χ0) is 32.9. The molecule has 0 amide bonds. The summed E-state index contributed by atoms with van der Waals surface area (Å²) in [6, 6.07) is 41.6. The molecule has 236 valence electrons. The van der Waals surface area contributed by atoms with Gasteiger partial charge < -0.3 is 4.74 Å². The number of Topliss-reactive ketones (excluding diaryl/α,β-unsaturated/α-hetero) is 2. The van der Waals surface area contributed by atoms with E-state index in [1.807, 2.05) is 117 Å². The molecular formula is C44H36O4. The maximum absolute atomic E-state index is 14.9. The largest absolute Gasteiger partial charge is 0.426 e.